The van der Waals surface area contributed by atoms with E-state index in [0.717, 1.165) is 47.8 Å². The van der Waals surface area contributed by atoms with E-state index in [-0.39, 0.29) is 6.09 Å². The number of hydrogen-bond acceptors (Lipinski definition) is 6. The van der Waals surface area contributed by atoms with Gasteiger partial charge in [-0.3, -0.25) is 0 Å². The van der Waals surface area contributed by atoms with Crippen LogP contribution in [0.1, 0.15) is 32.6 Å². The standard InChI is InChI=1S/C20H27N3O3S/c1-3-26-20(24)21-12-14-7-9-16(10-8-14)22-19-23-18(13-27-19)15-5-4-6-17(11-15)25-2/h4-6,11,13-14,16H,3,7-10,12H2,1-2H3,(H,21,24)(H,22,23)/t14-,16-. The fourth-order valence-electron chi connectivity index (χ4n) is 3.35. The number of benzene rings is 1. The average molecular weight is 390 g/mol. The number of carbonyl (C=O) groups is 1. The smallest absolute Gasteiger partial charge is 0.407 e. The highest BCUT2D eigenvalue weighted by Gasteiger charge is 2.22. The Hall–Kier alpha value is -2.28. The van der Waals surface area contributed by atoms with E-state index in [1.807, 2.05) is 31.2 Å². The Morgan fingerprint density at radius 2 is 2.11 bits per heavy atom. The number of aromatic nitrogens is 1. The molecule has 1 amide bonds. The molecule has 1 aromatic heterocycles. The number of thiazole rings is 1. The molecule has 0 bridgehead atoms. The van der Waals surface area contributed by atoms with Gasteiger partial charge < -0.3 is 20.1 Å². The largest absolute Gasteiger partial charge is 0.497 e. The molecule has 1 aliphatic carbocycles. The van der Waals surface area contributed by atoms with Gasteiger partial charge >= 0.3 is 6.09 Å². The van der Waals surface area contributed by atoms with Crippen molar-refractivity contribution in [2.24, 2.45) is 5.92 Å². The number of methoxy groups -OCH3 is 1. The molecule has 2 aromatic rings. The number of carbonyl (C=O) groups excluding carboxylic acids is 1. The lowest BCUT2D eigenvalue weighted by Gasteiger charge is -2.29. The van der Waals surface area contributed by atoms with Crippen LogP contribution in [0.2, 0.25) is 0 Å². The van der Waals surface area contributed by atoms with E-state index in [9.17, 15) is 4.79 Å². The molecule has 146 valence electrons. The Labute approximate surface area is 164 Å². The van der Waals surface area contributed by atoms with Crippen molar-refractivity contribution in [1.29, 1.82) is 0 Å². The SMILES string of the molecule is CCOC(=O)NC[C@H]1CC[C@H](Nc2nc(-c3cccc(OC)c3)cs2)CC1. The third-order valence-corrected chi connectivity index (χ3v) is 5.63. The molecule has 1 aromatic carbocycles. The summed E-state index contributed by atoms with van der Waals surface area (Å²) in [6.07, 6.45) is 4.05. The van der Waals surface area contributed by atoms with Crippen molar-refractivity contribution in [2.75, 3.05) is 25.6 Å². The van der Waals surface area contributed by atoms with Gasteiger partial charge in [0.05, 0.1) is 19.4 Å². The second kappa shape index (κ2) is 9.60. The molecule has 0 radical (unpaired) electrons. The van der Waals surface area contributed by atoms with Crippen LogP contribution in [-0.4, -0.2) is 37.4 Å². The minimum absolute atomic E-state index is 0.314. The third kappa shape index (κ3) is 5.60. The van der Waals surface area contributed by atoms with Crippen LogP contribution in [-0.2, 0) is 4.74 Å². The third-order valence-electron chi connectivity index (χ3n) is 4.85. The number of nitrogens with one attached hydrogen (secondary N) is 2. The Balaban J connectivity index is 1.47. The molecular weight excluding hydrogens is 362 g/mol. The van der Waals surface area contributed by atoms with Crippen LogP contribution in [0.4, 0.5) is 9.93 Å². The maximum absolute atomic E-state index is 11.4. The molecule has 27 heavy (non-hydrogen) atoms. The van der Waals surface area contributed by atoms with Crippen LogP contribution in [0.15, 0.2) is 29.6 Å². The summed E-state index contributed by atoms with van der Waals surface area (Å²) >= 11 is 1.64. The van der Waals surface area contributed by atoms with E-state index in [2.05, 4.69) is 16.0 Å². The summed E-state index contributed by atoms with van der Waals surface area (Å²) in [5.74, 6) is 1.36. The molecule has 0 saturated heterocycles. The number of rotatable bonds is 7. The number of anilines is 1. The van der Waals surface area contributed by atoms with Crippen molar-refractivity contribution in [3.05, 3.63) is 29.6 Å². The monoisotopic (exact) mass is 389 g/mol. The quantitative estimate of drug-likeness (QED) is 0.728. The molecule has 1 heterocycles. The van der Waals surface area contributed by atoms with Gasteiger partial charge in [0.1, 0.15) is 5.75 Å². The summed E-state index contributed by atoms with van der Waals surface area (Å²) in [5, 5.41) is 9.45. The van der Waals surface area contributed by atoms with Crippen LogP contribution in [0.25, 0.3) is 11.3 Å². The molecular formula is C20H27N3O3S. The second-order valence-corrected chi connectivity index (χ2v) is 7.59. The zero-order valence-corrected chi connectivity index (χ0v) is 16.7. The van der Waals surface area contributed by atoms with Gasteiger partial charge in [-0.15, -0.1) is 11.3 Å². The zero-order valence-electron chi connectivity index (χ0n) is 15.9. The lowest BCUT2D eigenvalue weighted by molar-refractivity contribution is 0.149. The highest BCUT2D eigenvalue weighted by atomic mass is 32.1. The maximum atomic E-state index is 11.4. The van der Waals surface area contributed by atoms with Crippen molar-refractivity contribution >= 4 is 22.6 Å². The molecule has 2 N–H and O–H groups in total. The van der Waals surface area contributed by atoms with E-state index in [1.165, 1.54) is 0 Å². The lowest BCUT2D eigenvalue weighted by Crippen LogP contribution is -2.34. The lowest BCUT2D eigenvalue weighted by atomic mass is 9.86. The number of amides is 1. The van der Waals surface area contributed by atoms with E-state index in [1.54, 1.807) is 18.4 Å². The van der Waals surface area contributed by atoms with Crippen LogP contribution in [0.5, 0.6) is 5.75 Å². The van der Waals surface area contributed by atoms with Crippen molar-refractivity contribution < 1.29 is 14.3 Å². The first-order valence-corrected chi connectivity index (χ1v) is 10.3. The molecule has 1 fully saturated rings. The average Bonchev–Trinajstić information content (AvgIpc) is 3.16. The molecule has 0 unspecified atom stereocenters. The van der Waals surface area contributed by atoms with Gasteiger partial charge in [0.15, 0.2) is 5.13 Å². The van der Waals surface area contributed by atoms with Gasteiger partial charge in [0, 0.05) is 23.5 Å². The topological polar surface area (TPSA) is 72.5 Å². The number of ether oxygens (including phenoxy) is 2. The Bertz CT molecular complexity index is 742. The van der Waals surface area contributed by atoms with Crippen molar-refractivity contribution in [1.82, 2.24) is 10.3 Å². The van der Waals surface area contributed by atoms with Crippen molar-refractivity contribution in [3.8, 4) is 17.0 Å². The molecule has 3 rings (SSSR count). The molecule has 1 aliphatic rings. The van der Waals surface area contributed by atoms with Crippen LogP contribution >= 0.6 is 11.3 Å². The molecule has 0 atom stereocenters. The highest BCUT2D eigenvalue weighted by molar-refractivity contribution is 7.14. The highest BCUT2D eigenvalue weighted by Crippen LogP contribution is 2.30. The van der Waals surface area contributed by atoms with Gasteiger partial charge in [-0.05, 0) is 50.7 Å². The first-order valence-electron chi connectivity index (χ1n) is 9.45. The van der Waals surface area contributed by atoms with Crippen molar-refractivity contribution in [2.45, 2.75) is 38.6 Å². The fraction of sp³-hybridized carbons (Fsp3) is 0.500. The summed E-state index contributed by atoms with van der Waals surface area (Å²) in [6, 6.07) is 8.40. The fourth-order valence-corrected chi connectivity index (χ4v) is 4.15. The molecule has 0 aliphatic heterocycles. The van der Waals surface area contributed by atoms with Gasteiger partial charge in [-0.1, -0.05) is 12.1 Å². The summed E-state index contributed by atoms with van der Waals surface area (Å²) in [6.45, 7) is 2.92. The maximum Gasteiger partial charge on any atom is 0.407 e. The summed E-state index contributed by atoms with van der Waals surface area (Å²) in [7, 11) is 1.67. The second-order valence-electron chi connectivity index (χ2n) is 6.73. The Morgan fingerprint density at radius 1 is 1.30 bits per heavy atom. The van der Waals surface area contributed by atoms with E-state index >= 15 is 0 Å². The minimum atomic E-state index is -0.314. The van der Waals surface area contributed by atoms with Crippen LogP contribution in [0.3, 0.4) is 0 Å². The van der Waals surface area contributed by atoms with Crippen LogP contribution in [0, 0.1) is 5.92 Å². The van der Waals surface area contributed by atoms with E-state index in [4.69, 9.17) is 14.5 Å². The van der Waals surface area contributed by atoms with E-state index < -0.39 is 0 Å². The Morgan fingerprint density at radius 3 is 2.85 bits per heavy atom. The van der Waals surface area contributed by atoms with E-state index in [0.29, 0.717) is 25.1 Å². The normalized spacial score (nSPS) is 19.3. The number of hydrogen-bond donors (Lipinski definition) is 2. The Kier molecular flexibility index (Phi) is 6.92. The number of alkyl carbamates (subject to hydrolysis) is 1. The first-order chi connectivity index (χ1) is 13.2. The zero-order chi connectivity index (χ0) is 19.1. The molecule has 0 spiro atoms. The van der Waals surface area contributed by atoms with Gasteiger partial charge in [0.2, 0.25) is 0 Å². The van der Waals surface area contributed by atoms with Gasteiger partial charge in [-0.25, -0.2) is 9.78 Å². The van der Waals surface area contributed by atoms with Gasteiger partial charge in [-0.2, -0.15) is 0 Å². The minimum Gasteiger partial charge on any atom is -0.497 e. The predicted molar refractivity (Wildman–Crippen MR) is 108 cm³/mol. The molecule has 1 saturated carbocycles. The predicted octanol–water partition coefficient (Wildman–Crippen LogP) is 4.54. The molecule has 6 nitrogen and oxygen atoms in total. The number of nitrogens with zero attached hydrogens (tertiary/aromatic N) is 1. The molecule has 7 heteroatoms. The first kappa shape index (κ1) is 19.5. The van der Waals surface area contributed by atoms with Gasteiger partial charge in [0.25, 0.3) is 0 Å². The summed E-state index contributed by atoms with van der Waals surface area (Å²) < 4.78 is 10.2. The summed E-state index contributed by atoms with van der Waals surface area (Å²) in [5.41, 5.74) is 2.03. The summed E-state index contributed by atoms with van der Waals surface area (Å²) in [4.78, 5) is 16.1. The van der Waals surface area contributed by atoms with Crippen LogP contribution < -0.4 is 15.4 Å². The van der Waals surface area contributed by atoms with Crippen molar-refractivity contribution in [3.63, 3.8) is 0 Å².